The molecule has 0 unspecified atom stereocenters. The van der Waals surface area contributed by atoms with Crippen molar-refractivity contribution in [2.24, 2.45) is 21.1 Å². The van der Waals surface area contributed by atoms with Crippen LogP contribution in [0.4, 0.5) is 9.59 Å². The van der Waals surface area contributed by atoms with Crippen LogP contribution < -0.4 is 20.1 Å². The van der Waals surface area contributed by atoms with Gasteiger partial charge in [0.15, 0.2) is 0 Å². The summed E-state index contributed by atoms with van der Waals surface area (Å²) in [4.78, 5) is 92.0. The van der Waals surface area contributed by atoms with Crippen molar-refractivity contribution in [3.05, 3.63) is 131 Å². The van der Waals surface area contributed by atoms with E-state index < -0.39 is 83.1 Å². The Hall–Kier alpha value is -6.49. The summed E-state index contributed by atoms with van der Waals surface area (Å²) in [7, 11) is 1.28. The number of alkyl carbamates (subject to hydrolysis) is 2. The number of fused-ring (bicyclic) bond motifs is 12. The van der Waals surface area contributed by atoms with E-state index in [-0.39, 0.29) is 79.2 Å². The van der Waals surface area contributed by atoms with E-state index in [2.05, 4.69) is 58.2 Å². The van der Waals surface area contributed by atoms with Gasteiger partial charge in [-0.05, 0) is 93.8 Å². The third-order valence-corrected chi connectivity index (χ3v) is 14.3. The first-order valence-corrected chi connectivity index (χ1v) is 32.5. The van der Waals surface area contributed by atoms with E-state index >= 15 is 0 Å². The second kappa shape index (κ2) is 27.7. The predicted octanol–water partition coefficient (Wildman–Crippen LogP) is 10.1. The molecular formula is C59H69I3N6O14. The molecule has 20 nitrogen and oxygen atoms in total. The van der Waals surface area contributed by atoms with Gasteiger partial charge in [0.2, 0.25) is 11.8 Å². The van der Waals surface area contributed by atoms with E-state index in [1.807, 2.05) is 106 Å². The first-order valence-electron chi connectivity index (χ1n) is 26.2. The quantitative estimate of drug-likeness (QED) is 0.0632. The van der Waals surface area contributed by atoms with Crippen molar-refractivity contribution in [1.29, 1.82) is 0 Å². The summed E-state index contributed by atoms with van der Waals surface area (Å²) in [5.74, 6) is -1.38. The van der Waals surface area contributed by atoms with Gasteiger partial charge in [-0.15, -0.1) is 24.0 Å². The van der Waals surface area contributed by atoms with Gasteiger partial charge in [-0.1, -0.05) is 100 Å². The maximum Gasteiger partial charge on any atom is 0.408 e. The number of nitrogens with zero attached hydrogens (tertiary/aromatic N) is 4. The van der Waals surface area contributed by atoms with Gasteiger partial charge in [-0.25, -0.2) is 19.2 Å². The van der Waals surface area contributed by atoms with Gasteiger partial charge in [0.05, 0.1) is 20.2 Å². The summed E-state index contributed by atoms with van der Waals surface area (Å²) in [5, 5.41) is 24.3. The average Bonchev–Trinajstić information content (AvgIpc) is 1.97. The Bertz CT molecular complexity index is 3190. The molecule has 4 amide bonds. The van der Waals surface area contributed by atoms with Crippen LogP contribution in [0.2, 0.25) is 0 Å². The highest BCUT2D eigenvalue weighted by atomic mass is 128. The normalized spacial score (nSPS) is 22.3. The monoisotopic (exact) mass is 1470 g/mol. The minimum Gasteiger partial charge on any atom is -0.490 e. The number of hydrogen-bond donors (Lipinski definition) is 3. The number of nitrogens with one attached hydrogen (secondary N) is 2. The van der Waals surface area contributed by atoms with Crippen molar-refractivity contribution in [2.75, 3.05) is 46.6 Å². The number of halogens is 3. The van der Waals surface area contributed by atoms with E-state index in [1.54, 1.807) is 45.1 Å². The lowest BCUT2D eigenvalue weighted by Crippen LogP contribution is -2.57. The summed E-state index contributed by atoms with van der Waals surface area (Å²) in [5.41, 5.74) is 7.42. The highest BCUT2D eigenvalue weighted by Gasteiger charge is 2.48. The van der Waals surface area contributed by atoms with E-state index in [0.717, 1.165) is 44.5 Å². The van der Waals surface area contributed by atoms with Gasteiger partial charge in [0.25, 0.3) is 0 Å². The number of carboxylic acids is 1. The lowest BCUT2D eigenvalue weighted by atomic mass is 9.85. The SMILES string of the molecule is CC(C)(C)[C@@H]1NC(=O)OCC=CCOc2ccc3c(c2)C(=NO[C@@H]2C[C@@H](C(=O)O)N(C2)C1=O)c1ccccc1-3.COC(=O)[C@@H]1C[C@@H]2CN1C(=O)[C@H](C(C)(C)C)NC(=O)OCC=CCOc1ccc3c(c1)C(=NO2)c1ccccc1-3.I.II.[HH].[HH]. The number of methoxy groups -OCH3 is 1. The Morgan fingerprint density at radius 2 is 0.939 bits per heavy atom. The van der Waals surface area contributed by atoms with Crippen LogP contribution in [-0.4, -0.2) is 145 Å². The fourth-order valence-corrected chi connectivity index (χ4v) is 10.3. The van der Waals surface area contributed by atoms with E-state index in [9.17, 15) is 33.9 Å². The number of cyclic esters (lactones) is 2. The van der Waals surface area contributed by atoms with Crippen LogP contribution in [0.1, 0.15) is 79.5 Å². The Morgan fingerprint density at radius 1 is 0.573 bits per heavy atom. The number of carboxylic acid groups (broad SMARTS) is 1. The third kappa shape index (κ3) is 14.5. The zero-order valence-corrected chi connectivity index (χ0v) is 52.9. The zero-order chi connectivity index (χ0) is 58.2. The van der Waals surface area contributed by atoms with Crippen LogP contribution in [-0.2, 0) is 43.1 Å². The van der Waals surface area contributed by atoms with E-state index in [0.29, 0.717) is 22.9 Å². The fraction of sp³-hybridized carbons (Fsp3) is 0.390. The topological polar surface area (TPSA) is 243 Å². The molecule has 82 heavy (non-hydrogen) atoms. The molecular weight excluding hydrogens is 1400 g/mol. The van der Waals surface area contributed by atoms with Crippen LogP contribution in [0.25, 0.3) is 22.3 Å². The van der Waals surface area contributed by atoms with Gasteiger partial charge < -0.3 is 58.9 Å². The molecule has 2 aliphatic carbocycles. The van der Waals surface area contributed by atoms with Crippen LogP contribution in [0.5, 0.6) is 11.5 Å². The Morgan fingerprint density at radius 3 is 1.33 bits per heavy atom. The molecule has 23 heteroatoms. The molecule has 0 spiro atoms. The summed E-state index contributed by atoms with van der Waals surface area (Å²) in [6.07, 6.45) is 4.30. The Balaban J connectivity index is 0.000000289. The minimum absolute atomic E-state index is 0. The molecule has 0 saturated carbocycles. The first kappa shape index (κ1) is 63.1. The van der Waals surface area contributed by atoms with Crippen molar-refractivity contribution >= 4 is 109 Å². The maximum absolute atomic E-state index is 13.8. The molecule has 4 heterocycles. The van der Waals surface area contributed by atoms with Crippen LogP contribution in [0, 0.1) is 10.8 Å². The number of carbonyl (C=O) groups is 6. The first-order chi connectivity index (χ1) is 38.8. The van der Waals surface area contributed by atoms with Crippen molar-refractivity contribution < 1.29 is 70.1 Å². The summed E-state index contributed by atoms with van der Waals surface area (Å²) >= 11 is 4.24. The number of benzene rings is 4. The van der Waals surface area contributed by atoms with Crippen LogP contribution in [0.15, 0.2) is 120 Å². The molecule has 3 N–H and O–H groups in total. The van der Waals surface area contributed by atoms with Gasteiger partial charge >= 0.3 is 24.1 Å². The van der Waals surface area contributed by atoms with E-state index in [4.69, 9.17) is 33.4 Å². The lowest BCUT2D eigenvalue weighted by Gasteiger charge is -2.34. The molecule has 6 aliphatic rings. The van der Waals surface area contributed by atoms with Crippen LogP contribution in [0.3, 0.4) is 0 Å². The molecule has 2 saturated heterocycles. The number of oxime groups is 2. The van der Waals surface area contributed by atoms with E-state index in [1.165, 1.54) is 16.9 Å². The number of ether oxygens (including phenoxy) is 5. The van der Waals surface area contributed by atoms with Gasteiger partial charge in [0.1, 0.15) is 85.7 Å². The molecule has 0 aromatic heterocycles. The maximum atomic E-state index is 13.8. The van der Waals surface area contributed by atoms with Gasteiger partial charge in [0, 0.05) is 75.2 Å². The largest absolute Gasteiger partial charge is 0.490 e. The van der Waals surface area contributed by atoms with Gasteiger partial charge in [-0.3, -0.25) is 9.59 Å². The average molecular weight is 1470 g/mol. The lowest BCUT2D eigenvalue weighted by molar-refractivity contribution is -0.152. The van der Waals surface area contributed by atoms with Gasteiger partial charge in [-0.2, -0.15) is 0 Å². The molecule has 8 bridgehead atoms. The van der Waals surface area contributed by atoms with Crippen molar-refractivity contribution in [3.63, 3.8) is 0 Å². The highest BCUT2D eigenvalue weighted by molar-refractivity contribution is 15.0. The molecule has 4 aromatic rings. The molecule has 0 radical (unpaired) electrons. The van der Waals surface area contributed by atoms with Crippen molar-refractivity contribution in [1.82, 2.24) is 20.4 Å². The number of amides is 4. The molecule has 4 aromatic carbocycles. The number of hydrogen-bond acceptors (Lipinski definition) is 15. The standard InChI is InChI=1S/C30H33N3O7.C29H31N3O7.I2.HI.2H2/c1-30(2,3)26-27(34)33-17-19(16-24(33)28(35)37-4)40-32-25-22-10-6-5-9-20(22)21-12-11-18(15-23(21)25)38-13-7-8-14-39-29(36)31-26;1-29(2,3)25-26(33)32-16-18(15-23(32)27(34)35)39-31-24-21-9-5-4-8-19(21)20-11-10-17(14-22(20)24)37-12-6-7-13-38-28(36)30-25;1-2;;;/h5-12,15,19,24,26H,13-14,16-17H2,1-4H3,(H,31,36);4-11,14,18,23,25H,12-13,15-16H2,1-3H3,(H,30,36)(H,34,35);;3*1H/t19-,24+,26-;18-,23+,25-;;;;/m11..../s1. The summed E-state index contributed by atoms with van der Waals surface area (Å²) < 4.78 is 27.3. The number of esters is 1. The molecule has 6 atom stereocenters. The second-order valence-electron chi connectivity index (χ2n) is 21.8. The second-order valence-corrected chi connectivity index (χ2v) is 21.8. The zero-order valence-electron chi connectivity index (χ0n) is 46.2. The number of aliphatic carboxylic acids is 1. The van der Waals surface area contributed by atoms with Crippen molar-refractivity contribution in [3.8, 4) is 33.8 Å². The Kier molecular flexibility index (Phi) is 21.3. The highest BCUT2D eigenvalue weighted by Crippen LogP contribution is 2.41. The summed E-state index contributed by atoms with van der Waals surface area (Å²) in [6.45, 7) is 11.5. The predicted molar refractivity (Wildman–Crippen MR) is 337 cm³/mol. The number of rotatable bonds is 2. The fourth-order valence-electron chi connectivity index (χ4n) is 10.3. The molecule has 2 fully saturated rings. The molecule has 440 valence electrons. The number of carbonyl (C=O) groups excluding carboxylic acids is 5. The summed E-state index contributed by atoms with van der Waals surface area (Å²) in [6, 6.07) is 23.3. The van der Waals surface area contributed by atoms with Crippen LogP contribution >= 0.6 is 61.2 Å². The Labute approximate surface area is 519 Å². The molecule has 4 aliphatic heterocycles. The molecule has 10 rings (SSSR count). The minimum atomic E-state index is -1.15. The van der Waals surface area contributed by atoms with Crippen molar-refractivity contribution in [2.45, 2.75) is 90.8 Å². The smallest absolute Gasteiger partial charge is 0.408 e. The third-order valence-electron chi connectivity index (χ3n) is 14.3.